The Kier molecular flexibility index (Phi) is 5.70. The molecular formula is C7H14NO3S. The van der Waals surface area contributed by atoms with Crippen molar-refractivity contribution in [2.45, 2.75) is 32.6 Å². The fraction of sp³-hybridized carbons (Fsp3) is 0.857. The highest BCUT2D eigenvalue weighted by atomic mass is 32.2. The third-order valence-electron chi connectivity index (χ3n) is 1.46. The standard InChI is InChI=1S/C7H14NO3S/c1-2-3-4-5-6-12(10,11)8-7-9/h2-6H2,1H3,(H,8,9). The highest BCUT2D eigenvalue weighted by Crippen LogP contribution is 2.00. The van der Waals surface area contributed by atoms with Crippen LogP contribution in [0.2, 0.25) is 0 Å². The molecule has 0 bridgehead atoms. The summed E-state index contributed by atoms with van der Waals surface area (Å²) >= 11 is 0. The Labute approximate surface area is 73.4 Å². The van der Waals surface area contributed by atoms with Crippen molar-refractivity contribution in [2.75, 3.05) is 5.75 Å². The molecule has 0 unspecified atom stereocenters. The molecule has 0 rings (SSSR count). The van der Waals surface area contributed by atoms with Crippen molar-refractivity contribution in [3.63, 3.8) is 0 Å². The zero-order valence-corrected chi connectivity index (χ0v) is 7.99. The lowest BCUT2D eigenvalue weighted by Gasteiger charge is -1.99. The van der Waals surface area contributed by atoms with E-state index >= 15 is 0 Å². The number of amides is 1. The Morgan fingerprint density at radius 1 is 1.25 bits per heavy atom. The van der Waals surface area contributed by atoms with Crippen LogP contribution in [0, 0.1) is 0 Å². The van der Waals surface area contributed by atoms with Crippen LogP contribution in [0.25, 0.3) is 0 Å². The van der Waals surface area contributed by atoms with Crippen molar-refractivity contribution in [1.82, 2.24) is 4.72 Å². The molecule has 0 aliphatic rings. The van der Waals surface area contributed by atoms with Gasteiger partial charge in [0.05, 0.1) is 5.75 Å². The summed E-state index contributed by atoms with van der Waals surface area (Å²) in [5, 5.41) is 0. The first-order valence-corrected chi connectivity index (χ1v) is 5.64. The van der Waals surface area contributed by atoms with Crippen LogP contribution in [0.4, 0.5) is 0 Å². The van der Waals surface area contributed by atoms with Crippen LogP contribution in [0.5, 0.6) is 0 Å². The molecule has 0 fully saturated rings. The van der Waals surface area contributed by atoms with Crippen molar-refractivity contribution < 1.29 is 13.2 Å². The minimum atomic E-state index is -3.39. The van der Waals surface area contributed by atoms with Gasteiger partial charge in [-0.05, 0) is 6.42 Å². The smallest absolute Gasteiger partial charge is 0.263 e. The van der Waals surface area contributed by atoms with Gasteiger partial charge in [0.2, 0.25) is 10.0 Å². The van der Waals surface area contributed by atoms with E-state index < -0.39 is 10.0 Å². The summed E-state index contributed by atoms with van der Waals surface area (Å²) in [5.41, 5.74) is 0. The molecule has 0 atom stereocenters. The quantitative estimate of drug-likeness (QED) is 0.473. The second kappa shape index (κ2) is 5.99. The fourth-order valence-electron chi connectivity index (χ4n) is 0.833. The average molecular weight is 192 g/mol. The van der Waals surface area contributed by atoms with Crippen LogP contribution in [-0.2, 0) is 14.8 Å². The predicted molar refractivity (Wildman–Crippen MR) is 46.8 cm³/mol. The fourth-order valence-corrected chi connectivity index (χ4v) is 1.65. The summed E-state index contributed by atoms with van der Waals surface area (Å²) < 4.78 is 23.3. The van der Waals surface area contributed by atoms with Crippen molar-refractivity contribution in [1.29, 1.82) is 0 Å². The molecule has 4 nitrogen and oxygen atoms in total. The molecule has 0 aromatic rings. The van der Waals surface area contributed by atoms with Gasteiger partial charge in [0.15, 0.2) is 0 Å². The lowest BCUT2D eigenvalue weighted by atomic mass is 10.2. The highest BCUT2D eigenvalue weighted by molar-refractivity contribution is 7.89. The third-order valence-corrected chi connectivity index (χ3v) is 2.68. The highest BCUT2D eigenvalue weighted by Gasteiger charge is 2.07. The Bertz CT molecular complexity index is 211. The van der Waals surface area contributed by atoms with Crippen LogP contribution in [0.1, 0.15) is 32.6 Å². The average Bonchev–Trinajstić information content (AvgIpc) is 1.98. The molecule has 0 saturated heterocycles. The van der Waals surface area contributed by atoms with Crippen LogP contribution in [-0.4, -0.2) is 20.6 Å². The van der Waals surface area contributed by atoms with Gasteiger partial charge in [0.25, 0.3) is 0 Å². The maximum Gasteiger partial charge on any atom is 0.323 e. The second-order valence-electron chi connectivity index (χ2n) is 2.58. The first-order chi connectivity index (χ1) is 5.62. The Balaban J connectivity index is 3.55. The SMILES string of the molecule is CCCCCCS(=O)(=O)N[C]=O. The molecule has 1 radical (unpaired) electrons. The minimum Gasteiger partial charge on any atom is -0.263 e. The Morgan fingerprint density at radius 3 is 2.42 bits per heavy atom. The molecule has 0 aromatic carbocycles. The number of sulfonamides is 1. The Morgan fingerprint density at radius 2 is 1.92 bits per heavy atom. The molecular weight excluding hydrogens is 178 g/mol. The van der Waals surface area contributed by atoms with Gasteiger partial charge >= 0.3 is 6.41 Å². The molecule has 1 amide bonds. The molecule has 0 heterocycles. The lowest BCUT2D eigenvalue weighted by Crippen LogP contribution is -2.24. The zero-order chi connectivity index (χ0) is 9.45. The van der Waals surface area contributed by atoms with Gasteiger partial charge in [0.1, 0.15) is 0 Å². The minimum absolute atomic E-state index is 0.0161. The van der Waals surface area contributed by atoms with Crippen LogP contribution < -0.4 is 4.72 Å². The van der Waals surface area contributed by atoms with E-state index in [4.69, 9.17) is 0 Å². The number of unbranched alkanes of at least 4 members (excludes halogenated alkanes) is 3. The van der Waals surface area contributed by atoms with E-state index in [1.807, 2.05) is 6.92 Å². The molecule has 0 aliphatic carbocycles. The van der Waals surface area contributed by atoms with Crippen LogP contribution >= 0.6 is 0 Å². The molecule has 12 heavy (non-hydrogen) atoms. The number of rotatable bonds is 7. The third kappa shape index (κ3) is 6.15. The molecule has 5 heteroatoms. The van der Waals surface area contributed by atoms with E-state index in [9.17, 15) is 13.2 Å². The topological polar surface area (TPSA) is 63.2 Å². The van der Waals surface area contributed by atoms with Crippen molar-refractivity contribution in [2.24, 2.45) is 0 Å². The molecule has 0 spiro atoms. The summed E-state index contributed by atoms with van der Waals surface area (Å²) in [6.45, 7) is 2.05. The van der Waals surface area contributed by atoms with E-state index in [0.29, 0.717) is 6.42 Å². The first kappa shape index (κ1) is 11.4. The van der Waals surface area contributed by atoms with Crippen molar-refractivity contribution in [3.05, 3.63) is 0 Å². The van der Waals surface area contributed by atoms with E-state index in [-0.39, 0.29) is 5.75 Å². The summed E-state index contributed by atoms with van der Waals surface area (Å²) in [5.74, 6) is 0.0161. The van der Waals surface area contributed by atoms with Crippen molar-refractivity contribution >= 4 is 16.4 Å². The summed E-state index contributed by atoms with van der Waals surface area (Å²) in [4.78, 5) is 9.69. The van der Waals surface area contributed by atoms with E-state index in [1.165, 1.54) is 0 Å². The largest absolute Gasteiger partial charge is 0.323 e. The predicted octanol–water partition coefficient (Wildman–Crippen LogP) is 0.553. The number of nitrogens with one attached hydrogen (secondary N) is 1. The van der Waals surface area contributed by atoms with Gasteiger partial charge in [-0.25, -0.2) is 13.1 Å². The van der Waals surface area contributed by atoms with Gasteiger partial charge < -0.3 is 0 Å². The lowest BCUT2D eigenvalue weighted by molar-refractivity contribution is 0.546. The summed E-state index contributed by atoms with van der Waals surface area (Å²) in [7, 11) is -3.39. The molecule has 71 valence electrons. The normalized spacial score (nSPS) is 11.1. The number of carbonyl (C=O) groups excluding carboxylic acids is 1. The Hall–Kier alpha value is -0.580. The van der Waals surface area contributed by atoms with Crippen LogP contribution in [0.15, 0.2) is 0 Å². The van der Waals surface area contributed by atoms with E-state index in [1.54, 1.807) is 4.72 Å². The second-order valence-corrected chi connectivity index (χ2v) is 4.43. The van der Waals surface area contributed by atoms with Gasteiger partial charge in [-0.2, -0.15) is 0 Å². The maximum atomic E-state index is 10.8. The van der Waals surface area contributed by atoms with Gasteiger partial charge in [0, 0.05) is 0 Å². The summed E-state index contributed by atoms with van der Waals surface area (Å²) in [6, 6.07) is 0. The van der Waals surface area contributed by atoms with Crippen LogP contribution in [0.3, 0.4) is 0 Å². The van der Waals surface area contributed by atoms with E-state index in [0.717, 1.165) is 25.7 Å². The van der Waals surface area contributed by atoms with Gasteiger partial charge in [-0.1, -0.05) is 26.2 Å². The van der Waals surface area contributed by atoms with E-state index in [2.05, 4.69) is 0 Å². The van der Waals surface area contributed by atoms with Gasteiger partial charge in [-0.3, -0.25) is 4.79 Å². The first-order valence-electron chi connectivity index (χ1n) is 3.99. The van der Waals surface area contributed by atoms with Gasteiger partial charge in [-0.15, -0.1) is 0 Å². The monoisotopic (exact) mass is 192 g/mol. The molecule has 0 aromatic heterocycles. The number of hydrogen-bond acceptors (Lipinski definition) is 3. The molecule has 0 aliphatic heterocycles. The maximum absolute atomic E-state index is 10.8. The molecule has 1 N–H and O–H groups in total. The molecule has 0 saturated carbocycles. The van der Waals surface area contributed by atoms with Crippen molar-refractivity contribution in [3.8, 4) is 0 Å². The number of hydrogen-bond donors (Lipinski definition) is 1. The zero-order valence-electron chi connectivity index (χ0n) is 7.17. The summed E-state index contributed by atoms with van der Waals surface area (Å²) in [6.07, 6.45) is 4.74.